The molecular weight excluding hydrogens is 276 g/mol. The predicted molar refractivity (Wildman–Crippen MR) is 86.4 cm³/mol. The van der Waals surface area contributed by atoms with Gasteiger partial charge in [-0.25, -0.2) is 0 Å². The minimum atomic E-state index is 0.125. The maximum Gasteiger partial charge on any atom is 0.223 e. The van der Waals surface area contributed by atoms with Gasteiger partial charge in [0, 0.05) is 18.5 Å². The Morgan fingerprint density at radius 1 is 1.23 bits per heavy atom. The van der Waals surface area contributed by atoms with Crippen LogP contribution in [0, 0.1) is 17.8 Å². The summed E-state index contributed by atoms with van der Waals surface area (Å²) >= 11 is 0. The molecule has 0 radical (unpaired) electrons. The number of rotatable bonds is 4. The number of phenols is 1. The third kappa shape index (κ3) is 3.27. The normalized spacial score (nSPS) is 30.8. The van der Waals surface area contributed by atoms with Gasteiger partial charge in [0.25, 0.3) is 0 Å². The van der Waals surface area contributed by atoms with Crippen molar-refractivity contribution in [2.45, 2.75) is 44.6 Å². The number of nitrogens with one attached hydrogen (secondary N) is 1. The summed E-state index contributed by atoms with van der Waals surface area (Å²) in [4.78, 5) is 12.4. The summed E-state index contributed by atoms with van der Waals surface area (Å²) in [7, 11) is 0. The quantitative estimate of drug-likeness (QED) is 0.798. The molecule has 0 saturated heterocycles. The van der Waals surface area contributed by atoms with E-state index in [0.29, 0.717) is 36.6 Å². The summed E-state index contributed by atoms with van der Waals surface area (Å²) in [5.41, 5.74) is 7.16. The summed E-state index contributed by atoms with van der Waals surface area (Å²) in [6, 6.07) is 7.59. The number of nitrogens with two attached hydrogens (primary N) is 1. The van der Waals surface area contributed by atoms with E-state index in [1.54, 1.807) is 12.1 Å². The highest BCUT2D eigenvalue weighted by atomic mass is 16.3. The summed E-state index contributed by atoms with van der Waals surface area (Å²) in [6.45, 7) is 0.578. The zero-order valence-corrected chi connectivity index (χ0v) is 13.0. The van der Waals surface area contributed by atoms with E-state index >= 15 is 0 Å². The first-order valence-corrected chi connectivity index (χ1v) is 8.45. The zero-order chi connectivity index (χ0) is 15.5. The van der Waals surface area contributed by atoms with Crippen molar-refractivity contribution >= 4 is 5.91 Å². The Morgan fingerprint density at radius 3 is 2.59 bits per heavy atom. The Balaban J connectivity index is 1.49. The van der Waals surface area contributed by atoms with Crippen molar-refractivity contribution in [1.82, 2.24) is 5.32 Å². The molecule has 2 saturated carbocycles. The number of fused-ring (bicyclic) bond motifs is 2. The fraction of sp³-hybridized carbons (Fsp3) is 0.611. The van der Waals surface area contributed by atoms with Crippen molar-refractivity contribution in [3.05, 3.63) is 29.8 Å². The van der Waals surface area contributed by atoms with Crippen LogP contribution in [-0.2, 0) is 11.2 Å². The summed E-state index contributed by atoms with van der Waals surface area (Å²) in [5, 5.41) is 12.8. The van der Waals surface area contributed by atoms with Crippen LogP contribution >= 0.6 is 0 Å². The van der Waals surface area contributed by atoms with Crippen molar-refractivity contribution in [2.75, 3.05) is 6.54 Å². The van der Waals surface area contributed by atoms with Crippen molar-refractivity contribution in [1.29, 1.82) is 0 Å². The SMILES string of the molecule is NC1C2CCCC1CC(C(=O)NCCc1ccccc1O)C2. The van der Waals surface area contributed by atoms with Crippen molar-refractivity contribution in [3.8, 4) is 5.75 Å². The van der Waals surface area contributed by atoms with Gasteiger partial charge in [0.15, 0.2) is 0 Å². The number of phenolic OH excluding ortho intramolecular Hbond substituents is 1. The molecule has 2 aliphatic carbocycles. The van der Waals surface area contributed by atoms with Gasteiger partial charge < -0.3 is 16.2 Å². The van der Waals surface area contributed by atoms with Crippen LogP contribution in [0.2, 0.25) is 0 Å². The van der Waals surface area contributed by atoms with E-state index < -0.39 is 0 Å². The molecule has 2 fully saturated rings. The van der Waals surface area contributed by atoms with E-state index in [1.165, 1.54) is 19.3 Å². The molecule has 0 aromatic heterocycles. The van der Waals surface area contributed by atoms with Crippen LogP contribution in [0.5, 0.6) is 5.75 Å². The number of para-hydroxylation sites is 1. The summed E-state index contributed by atoms with van der Waals surface area (Å²) in [6.07, 6.45) is 6.18. The molecule has 22 heavy (non-hydrogen) atoms. The number of hydrogen-bond acceptors (Lipinski definition) is 3. The second-order valence-corrected chi connectivity index (χ2v) is 6.87. The molecule has 2 atom stereocenters. The average molecular weight is 302 g/mol. The Bertz CT molecular complexity index is 518. The minimum absolute atomic E-state index is 0.125. The molecule has 1 aromatic carbocycles. The van der Waals surface area contributed by atoms with Gasteiger partial charge in [-0.3, -0.25) is 4.79 Å². The highest BCUT2D eigenvalue weighted by Crippen LogP contribution is 2.41. The van der Waals surface area contributed by atoms with Crippen LogP contribution in [-0.4, -0.2) is 23.6 Å². The van der Waals surface area contributed by atoms with Crippen molar-refractivity contribution in [3.63, 3.8) is 0 Å². The van der Waals surface area contributed by atoms with Gasteiger partial charge in [-0.05, 0) is 55.6 Å². The Morgan fingerprint density at radius 2 is 1.91 bits per heavy atom. The summed E-state index contributed by atoms with van der Waals surface area (Å²) in [5.74, 6) is 1.65. The standard InChI is InChI=1S/C18H26N2O2/c19-17-13-5-3-6-14(17)11-15(10-13)18(22)20-9-8-12-4-1-2-7-16(12)21/h1-2,4,7,13-15,17,21H,3,5-6,8-11,19H2,(H,20,22). The maximum absolute atomic E-state index is 12.4. The van der Waals surface area contributed by atoms with E-state index in [9.17, 15) is 9.90 Å². The second-order valence-electron chi connectivity index (χ2n) is 6.87. The van der Waals surface area contributed by atoms with Gasteiger partial charge in [-0.1, -0.05) is 24.6 Å². The first-order valence-electron chi connectivity index (χ1n) is 8.45. The van der Waals surface area contributed by atoms with E-state index in [0.717, 1.165) is 18.4 Å². The molecule has 2 unspecified atom stereocenters. The van der Waals surface area contributed by atoms with Crippen LogP contribution in [0.4, 0.5) is 0 Å². The number of amides is 1. The number of hydrogen-bond donors (Lipinski definition) is 3. The first kappa shape index (κ1) is 15.3. The van der Waals surface area contributed by atoms with E-state index in [4.69, 9.17) is 5.73 Å². The highest BCUT2D eigenvalue weighted by Gasteiger charge is 2.40. The molecule has 2 aliphatic rings. The second kappa shape index (κ2) is 6.69. The molecule has 0 heterocycles. The maximum atomic E-state index is 12.4. The summed E-state index contributed by atoms with van der Waals surface area (Å²) < 4.78 is 0. The van der Waals surface area contributed by atoms with Gasteiger partial charge >= 0.3 is 0 Å². The van der Waals surface area contributed by atoms with Gasteiger partial charge in [-0.15, -0.1) is 0 Å². The number of carbonyl (C=O) groups excluding carboxylic acids is 1. The van der Waals surface area contributed by atoms with Gasteiger partial charge in [0.05, 0.1) is 0 Å². The lowest BCUT2D eigenvalue weighted by Gasteiger charge is -2.43. The van der Waals surface area contributed by atoms with Crippen LogP contribution in [0.15, 0.2) is 24.3 Å². The molecule has 1 amide bonds. The fourth-order valence-corrected chi connectivity index (χ4v) is 4.19. The van der Waals surface area contributed by atoms with Crippen molar-refractivity contribution < 1.29 is 9.90 Å². The Kier molecular flexibility index (Phi) is 4.67. The molecule has 4 nitrogen and oxygen atoms in total. The zero-order valence-electron chi connectivity index (χ0n) is 13.0. The molecule has 0 aliphatic heterocycles. The third-order valence-corrected chi connectivity index (χ3v) is 5.47. The lowest BCUT2D eigenvalue weighted by atomic mass is 9.65. The Hall–Kier alpha value is -1.55. The number of carbonyl (C=O) groups is 1. The lowest BCUT2D eigenvalue weighted by molar-refractivity contribution is -0.127. The minimum Gasteiger partial charge on any atom is -0.508 e. The van der Waals surface area contributed by atoms with Crippen LogP contribution < -0.4 is 11.1 Å². The first-order chi connectivity index (χ1) is 10.6. The topological polar surface area (TPSA) is 75.4 Å². The smallest absolute Gasteiger partial charge is 0.223 e. The average Bonchev–Trinajstić information content (AvgIpc) is 2.49. The van der Waals surface area contributed by atoms with E-state index in [1.807, 2.05) is 12.1 Å². The molecule has 0 spiro atoms. The number of aromatic hydroxyl groups is 1. The van der Waals surface area contributed by atoms with Crippen molar-refractivity contribution in [2.24, 2.45) is 23.5 Å². The molecule has 2 bridgehead atoms. The largest absolute Gasteiger partial charge is 0.508 e. The van der Waals surface area contributed by atoms with Crippen LogP contribution in [0.25, 0.3) is 0 Å². The monoisotopic (exact) mass is 302 g/mol. The van der Waals surface area contributed by atoms with E-state index in [-0.39, 0.29) is 11.8 Å². The lowest BCUT2D eigenvalue weighted by Crippen LogP contribution is -2.49. The molecule has 4 heteroatoms. The van der Waals surface area contributed by atoms with Crippen LogP contribution in [0.1, 0.15) is 37.7 Å². The van der Waals surface area contributed by atoms with E-state index in [2.05, 4.69) is 5.32 Å². The highest BCUT2D eigenvalue weighted by molar-refractivity contribution is 5.78. The van der Waals surface area contributed by atoms with Gasteiger partial charge in [-0.2, -0.15) is 0 Å². The fourth-order valence-electron chi connectivity index (χ4n) is 4.19. The number of benzene rings is 1. The molecular formula is C18H26N2O2. The third-order valence-electron chi connectivity index (χ3n) is 5.47. The Labute approximate surface area is 132 Å². The van der Waals surface area contributed by atoms with Gasteiger partial charge in [0.1, 0.15) is 5.75 Å². The van der Waals surface area contributed by atoms with Gasteiger partial charge in [0.2, 0.25) is 5.91 Å². The molecule has 1 aromatic rings. The molecule has 3 rings (SSSR count). The van der Waals surface area contributed by atoms with Crippen LogP contribution in [0.3, 0.4) is 0 Å². The molecule has 120 valence electrons. The predicted octanol–water partition coefficient (Wildman–Crippen LogP) is 2.20. The molecule has 4 N–H and O–H groups in total.